The molecule has 3 rings (SSSR count). The van der Waals surface area contributed by atoms with Gasteiger partial charge in [-0.3, -0.25) is 14.4 Å². The highest BCUT2D eigenvalue weighted by molar-refractivity contribution is 6.44. The highest BCUT2D eigenvalue weighted by Gasteiger charge is 2.40. The summed E-state index contributed by atoms with van der Waals surface area (Å²) in [5, 5.41) is 12.7. The van der Waals surface area contributed by atoms with Crippen molar-refractivity contribution in [2.75, 3.05) is 10.2 Å². The van der Waals surface area contributed by atoms with Gasteiger partial charge in [0.15, 0.2) is 5.76 Å². The Labute approximate surface area is 142 Å². The van der Waals surface area contributed by atoms with Crippen molar-refractivity contribution in [2.45, 2.75) is 6.92 Å². The fourth-order valence-electron chi connectivity index (χ4n) is 2.53. The molecule has 0 aromatic heterocycles. The van der Waals surface area contributed by atoms with E-state index in [1.165, 1.54) is 31.2 Å². The average Bonchev–Trinajstić information content (AvgIpc) is 2.79. The zero-order valence-corrected chi connectivity index (χ0v) is 13.1. The summed E-state index contributed by atoms with van der Waals surface area (Å²) in [6.07, 6.45) is 0. The van der Waals surface area contributed by atoms with Gasteiger partial charge in [0.1, 0.15) is 5.82 Å². The number of carbonyl (C=O) groups excluding carboxylic acids is 3. The summed E-state index contributed by atoms with van der Waals surface area (Å²) in [7, 11) is 0. The van der Waals surface area contributed by atoms with Gasteiger partial charge in [-0.2, -0.15) is 0 Å². The van der Waals surface area contributed by atoms with Crippen LogP contribution in [0.15, 0.2) is 54.3 Å². The van der Waals surface area contributed by atoms with Crippen molar-refractivity contribution < 1.29 is 23.9 Å². The van der Waals surface area contributed by atoms with Crippen molar-refractivity contribution >= 4 is 34.7 Å². The topological polar surface area (TPSA) is 86.7 Å². The molecule has 0 unspecified atom stereocenters. The van der Waals surface area contributed by atoms with Gasteiger partial charge in [0.05, 0.1) is 11.3 Å². The van der Waals surface area contributed by atoms with Crippen molar-refractivity contribution in [3.05, 3.63) is 65.7 Å². The molecule has 0 bridgehead atoms. The number of halogens is 1. The Morgan fingerprint density at radius 3 is 2.16 bits per heavy atom. The number of anilines is 2. The lowest BCUT2D eigenvalue weighted by molar-refractivity contribution is -0.121. The first-order valence-electron chi connectivity index (χ1n) is 7.34. The van der Waals surface area contributed by atoms with Crippen LogP contribution >= 0.6 is 0 Å². The summed E-state index contributed by atoms with van der Waals surface area (Å²) in [5.74, 6) is -3.02. The second-order valence-corrected chi connectivity index (χ2v) is 5.40. The quantitative estimate of drug-likeness (QED) is 0.841. The maximum absolute atomic E-state index is 13.0. The number of imide groups is 1. The van der Waals surface area contributed by atoms with Gasteiger partial charge in [-0.1, -0.05) is 12.1 Å². The first kappa shape index (κ1) is 16.4. The van der Waals surface area contributed by atoms with E-state index in [9.17, 15) is 23.9 Å². The van der Waals surface area contributed by atoms with Crippen LogP contribution in [0.3, 0.4) is 0 Å². The summed E-state index contributed by atoms with van der Waals surface area (Å²) in [4.78, 5) is 36.7. The third-order valence-corrected chi connectivity index (χ3v) is 3.64. The van der Waals surface area contributed by atoms with Crippen LogP contribution in [0.25, 0.3) is 5.57 Å². The van der Waals surface area contributed by atoms with Gasteiger partial charge >= 0.3 is 5.91 Å². The van der Waals surface area contributed by atoms with E-state index in [0.717, 1.165) is 17.0 Å². The zero-order chi connectivity index (χ0) is 18.1. The van der Waals surface area contributed by atoms with Gasteiger partial charge in [0.2, 0.25) is 5.91 Å². The molecular formula is C18H13FN2O4. The molecular weight excluding hydrogens is 327 g/mol. The van der Waals surface area contributed by atoms with E-state index in [2.05, 4.69) is 5.32 Å². The normalized spacial score (nSPS) is 14.2. The number of nitrogens with zero attached hydrogens (tertiary/aromatic N) is 1. The predicted octanol–water partition coefficient (Wildman–Crippen LogP) is 2.63. The van der Waals surface area contributed by atoms with Crippen molar-refractivity contribution in [1.82, 2.24) is 0 Å². The monoisotopic (exact) mass is 340 g/mol. The Bertz CT molecular complexity index is 902. The molecule has 2 N–H and O–H groups in total. The zero-order valence-electron chi connectivity index (χ0n) is 13.1. The Hall–Kier alpha value is -3.48. The van der Waals surface area contributed by atoms with Gasteiger partial charge in [-0.15, -0.1) is 0 Å². The molecule has 1 heterocycles. The average molecular weight is 340 g/mol. The van der Waals surface area contributed by atoms with E-state index < -0.39 is 23.4 Å². The molecule has 0 fully saturated rings. The van der Waals surface area contributed by atoms with Gasteiger partial charge in [0, 0.05) is 12.6 Å². The largest absolute Gasteiger partial charge is 0.502 e. The van der Waals surface area contributed by atoms with Crippen molar-refractivity contribution in [3.63, 3.8) is 0 Å². The van der Waals surface area contributed by atoms with Crippen LogP contribution < -0.4 is 10.2 Å². The molecule has 7 heteroatoms. The van der Waals surface area contributed by atoms with Gasteiger partial charge in [-0.25, -0.2) is 9.29 Å². The number of aliphatic hydroxyl groups excluding tert-OH is 1. The summed E-state index contributed by atoms with van der Waals surface area (Å²) in [6, 6.07) is 10.9. The lowest BCUT2D eigenvalue weighted by atomic mass is 10.1. The molecule has 0 radical (unpaired) electrons. The molecule has 25 heavy (non-hydrogen) atoms. The summed E-state index contributed by atoms with van der Waals surface area (Å²) in [5.41, 5.74) is 0.856. The van der Waals surface area contributed by atoms with Crippen LogP contribution in [0.5, 0.6) is 0 Å². The molecule has 6 nitrogen and oxygen atoms in total. The smallest absolute Gasteiger partial charge is 0.301 e. The molecule has 0 aliphatic carbocycles. The van der Waals surface area contributed by atoms with Crippen LogP contribution in [0.1, 0.15) is 12.5 Å². The lowest BCUT2D eigenvalue weighted by Crippen LogP contribution is -2.31. The minimum atomic E-state index is -0.877. The fourth-order valence-corrected chi connectivity index (χ4v) is 2.53. The number of aliphatic hydroxyl groups is 1. The Morgan fingerprint density at radius 1 is 1.00 bits per heavy atom. The number of benzene rings is 2. The van der Waals surface area contributed by atoms with Crippen LogP contribution in [0.4, 0.5) is 15.8 Å². The highest BCUT2D eigenvalue weighted by atomic mass is 19.1. The molecule has 0 atom stereocenters. The van der Waals surface area contributed by atoms with Crippen LogP contribution in [-0.2, 0) is 14.4 Å². The van der Waals surface area contributed by atoms with Crippen molar-refractivity contribution in [3.8, 4) is 0 Å². The second kappa shape index (κ2) is 6.20. The third-order valence-electron chi connectivity index (χ3n) is 3.64. The Balaban J connectivity index is 1.94. The Morgan fingerprint density at radius 2 is 1.60 bits per heavy atom. The second-order valence-electron chi connectivity index (χ2n) is 5.40. The van der Waals surface area contributed by atoms with Gasteiger partial charge in [-0.05, 0) is 42.0 Å². The Kier molecular flexibility index (Phi) is 4.06. The first-order valence-corrected chi connectivity index (χ1v) is 7.34. The summed E-state index contributed by atoms with van der Waals surface area (Å²) < 4.78 is 13.0. The van der Waals surface area contributed by atoms with Crippen LogP contribution in [-0.4, -0.2) is 22.8 Å². The number of hydrogen-bond donors (Lipinski definition) is 2. The van der Waals surface area contributed by atoms with E-state index >= 15 is 0 Å². The third kappa shape index (κ3) is 2.99. The van der Waals surface area contributed by atoms with Crippen molar-refractivity contribution in [2.24, 2.45) is 0 Å². The van der Waals surface area contributed by atoms with E-state index in [-0.39, 0.29) is 17.2 Å². The number of amides is 3. The first-order chi connectivity index (χ1) is 11.9. The van der Waals surface area contributed by atoms with Gasteiger partial charge < -0.3 is 10.4 Å². The number of rotatable bonds is 3. The highest BCUT2D eigenvalue weighted by Crippen LogP contribution is 2.32. The molecule has 3 amide bonds. The maximum atomic E-state index is 13.0. The molecule has 1 aliphatic heterocycles. The van der Waals surface area contributed by atoms with Gasteiger partial charge in [0.25, 0.3) is 5.91 Å². The molecule has 2 aromatic carbocycles. The van der Waals surface area contributed by atoms with E-state index in [4.69, 9.17) is 0 Å². The van der Waals surface area contributed by atoms with E-state index in [0.29, 0.717) is 11.3 Å². The predicted molar refractivity (Wildman–Crippen MR) is 89.2 cm³/mol. The summed E-state index contributed by atoms with van der Waals surface area (Å²) in [6.45, 7) is 1.36. The SMILES string of the molecule is CC(=O)Nc1ccc(C2=C(O)C(=O)N(c3ccc(F)cc3)C2=O)cc1. The molecule has 0 saturated heterocycles. The van der Waals surface area contributed by atoms with E-state index in [1.54, 1.807) is 12.1 Å². The standard InChI is InChI=1S/C18H13FN2O4/c1-10(22)20-13-6-2-11(3-7-13)15-16(23)18(25)21(17(15)24)14-8-4-12(19)5-9-14/h2-9,23H,1H3,(H,20,22). The van der Waals surface area contributed by atoms with E-state index in [1.807, 2.05) is 0 Å². The molecule has 0 spiro atoms. The molecule has 126 valence electrons. The van der Waals surface area contributed by atoms with Crippen LogP contribution in [0, 0.1) is 5.82 Å². The number of carbonyl (C=O) groups is 3. The van der Waals surface area contributed by atoms with Crippen LogP contribution in [0.2, 0.25) is 0 Å². The molecule has 0 saturated carbocycles. The minimum absolute atomic E-state index is 0.149. The number of hydrogen-bond acceptors (Lipinski definition) is 4. The number of nitrogens with one attached hydrogen (secondary N) is 1. The summed E-state index contributed by atoms with van der Waals surface area (Å²) >= 11 is 0. The molecule has 1 aliphatic rings. The van der Waals surface area contributed by atoms with Crippen molar-refractivity contribution in [1.29, 1.82) is 0 Å². The maximum Gasteiger partial charge on any atom is 0.301 e. The fraction of sp³-hybridized carbons (Fsp3) is 0.0556. The molecule has 2 aromatic rings. The lowest BCUT2D eigenvalue weighted by Gasteiger charge is -2.14. The minimum Gasteiger partial charge on any atom is -0.502 e.